The van der Waals surface area contributed by atoms with E-state index in [0.29, 0.717) is 26.5 Å². The SMILES string of the molecule is O=C(c1ccccc1Br)N(Cc1ccc(Cl)cc1Cl)[C@@H]1CCS(=O)(=O)C1. The zero-order chi connectivity index (χ0) is 18.9. The molecular formula is C18H16BrCl2NO3S. The molecular weight excluding hydrogens is 461 g/mol. The largest absolute Gasteiger partial charge is 0.330 e. The zero-order valence-electron chi connectivity index (χ0n) is 13.7. The summed E-state index contributed by atoms with van der Waals surface area (Å²) < 4.78 is 24.6. The van der Waals surface area contributed by atoms with E-state index in [-0.39, 0.29) is 30.0 Å². The van der Waals surface area contributed by atoms with Gasteiger partial charge >= 0.3 is 0 Å². The average Bonchev–Trinajstić information content (AvgIpc) is 2.94. The van der Waals surface area contributed by atoms with Gasteiger partial charge in [-0.15, -0.1) is 0 Å². The lowest BCUT2D eigenvalue weighted by atomic mass is 10.1. The molecule has 1 aliphatic rings. The molecule has 0 aromatic heterocycles. The number of hydrogen-bond donors (Lipinski definition) is 0. The molecule has 0 radical (unpaired) electrons. The number of rotatable bonds is 4. The Morgan fingerprint density at radius 2 is 1.92 bits per heavy atom. The first-order chi connectivity index (χ1) is 12.3. The molecule has 3 rings (SSSR count). The van der Waals surface area contributed by atoms with E-state index < -0.39 is 9.84 Å². The molecule has 0 unspecified atom stereocenters. The summed E-state index contributed by atoms with van der Waals surface area (Å²) in [5.74, 6) is -0.175. The van der Waals surface area contributed by atoms with Gasteiger partial charge in [-0.2, -0.15) is 0 Å². The van der Waals surface area contributed by atoms with E-state index in [1.807, 2.05) is 6.07 Å². The number of nitrogens with zero attached hydrogens (tertiary/aromatic N) is 1. The Morgan fingerprint density at radius 1 is 1.19 bits per heavy atom. The summed E-state index contributed by atoms with van der Waals surface area (Å²) in [5, 5.41) is 0.953. The summed E-state index contributed by atoms with van der Waals surface area (Å²) in [4.78, 5) is 14.8. The third kappa shape index (κ3) is 4.42. The minimum atomic E-state index is -3.14. The second-order valence-electron chi connectivity index (χ2n) is 6.21. The highest BCUT2D eigenvalue weighted by atomic mass is 79.9. The second-order valence-corrected chi connectivity index (χ2v) is 10.1. The summed E-state index contributed by atoms with van der Waals surface area (Å²) in [6.07, 6.45) is 0.420. The molecule has 26 heavy (non-hydrogen) atoms. The van der Waals surface area contributed by atoms with Crippen LogP contribution < -0.4 is 0 Å². The van der Waals surface area contributed by atoms with Crippen LogP contribution in [-0.4, -0.2) is 36.8 Å². The van der Waals surface area contributed by atoms with Crippen LogP contribution in [0.1, 0.15) is 22.3 Å². The molecule has 1 aliphatic heterocycles. The van der Waals surface area contributed by atoms with E-state index in [1.54, 1.807) is 41.3 Å². The summed E-state index contributed by atoms with van der Waals surface area (Å²) in [6.45, 7) is 0.219. The average molecular weight is 477 g/mol. The van der Waals surface area contributed by atoms with Crippen molar-refractivity contribution in [2.45, 2.75) is 19.0 Å². The van der Waals surface area contributed by atoms with Gasteiger partial charge in [0, 0.05) is 27.1 Å². The first-order valence-corrected chi connectivity index (χ1v) is 11.3. The molecule has 1 fully saturated rings. The van der Waals surface area contributed by atoms with Crippen molar-refractivity contribution >= 4 is 54.9 Å². The Labute approximate surface area is 171 Å². The van der Waals surface area contributed by atoms with E-state index in [2.05, 4.69) is 15.9 Å². The molecule has 138 valence electrons. The normalized spacial score (nSPS) is 18.7. The Morgan fingerprint density at radius 3 is 2.54 bits per heavy atom. The van der Waals surface area contributed by atoms with Crippen LogP contribution in [0.2, 0.25) is 10.0 Å². The number of amides is 1. The maximum atomic E-state index is 13.2. The topological polar surface area (TPSA) is 54.5 Å². The smallest absolute Gasteiger partial charge is 0.255 e. The summed E-state index contributed by atoms with van der Waals surface area (Å²) in [5.41, 5.74) is 1.21. The lowest BCUT2D eigenvalue weighted by Crippen LogP contribution is -2.40. The maximum absolute atomic E-state index is 13.2. The van der Waals surface area contributed by atoms with Crippen molar-refractivity contribution in [3.05, 3.63) is 68.1 Å². The summed E-state index contributed by atoms with van der Waals surface area (Å²) in [7, 11) is -3.14. The van der Waals surface area contributed by atoms with Gasteiger partial charge in [0.2, 0.25) is 0 Å². The Hall–Kier alpha value is -1.08. The highest BCUT2D eigenvalue weighted by Gasteiger charge is 2.35. The van der Waals surface area contributed by atoms with Gasteiger partial charge < -0.3 is 4.90 Å². The van der Waals surface area contributed by atoms with Crippen LogP contribution in [-0.2, 0) is 16.4 Å². The number of carbonyl (C=O) groups excluding carboxylic acids is 1. The lowest BCUT2D eigenvalue weighted by Gasteiger charge is -2.29. The van der Waals surface area contributed by atoms with Crippen LogP contribution in [0.4, 0.5) is 0 Å². The van der Waals surface area contributed by atoms with Gasteiger partial charge in [-0.25, -0.2) is 8.42 Å². The van der Waals surface area contributed by atoms with Crippen molar-refractivity contribution < 1.29 is 13.2 Å². The first-order valence-electron chi connectivity index (χ1n) is 7.97. The van der Waals surface area contributed by atoms with Gasteiger partial charge in [0.15, 0.2) is 9.84 Å². The number of benzene rings is 2. The molecule has 1 heterocycles. The van der Waals surface area contributed by atoms with Gasteiger partial charge in [0.25, 0.3) is 5.91 Å². The van der Waals surface area contributed by atoms with Crippen molar-refractivity contribution in [3.8, 4) is 0 Å². The predicted molar refractivity (Wildman–Crippen MR) is 108 cm³/mol. The van der Waals surface area contributed by atoms with Crippen molar-refractivity contribution in [1.29, 1.82) is 0 Å². The fourth-order valence-electron chi connectivity index (χ4n) is 3.01. The van der Waals surface area contributed by atoms with Gasteiger partial charge in [-0.3, -0.25) is 4.79 Å². The number of carbonyl (C=O) groups is 1. The Bertz CT molecular complexity index is 949. The van der Waals surface area contributed by atoms with Crippen molar-refractivity contribution in [1.82, 2.24) is 4.90 Å². The van der Waals surface area contributed by atoms with Gasteiger partial charge in [0.05, 0.1) is 17.1 Å². The molecule has 0 aliphatic carbocycles. The Balaban J connectivity index is 1.96. The number of halogens is 3. The molecule has 0 spiro atoms. The minimum absolute atomic E-state index is 0.0333. The van der Waals surface area contributed by atoms with Crippen LogP contribution >= 0.6 is 39.1 Å². The quantitative estimate of drug-likeness (QED) is 0.648. The standard InChI is InChI=1S/C18H16BrCl2NO3S/c19-16-4-2-1-3-15(16)18(23)22(14-7-8-26(24,25)11-14)10-12-5-6-13(20)9-17(12)21/h1-6,9,14H,7-8,10-11H2/t14-/m1/s1. The third-order valence-electron chi connectivity index (χ3n) is 4.37. The molecule has 8 heteroatoms. The Kier molecular flexibility index (Phi) is 5.97. The monoisotopic (exact) mass is 475 g/mol. The molecule has 1 amide bonds. The number of hydrogen-bond acceptors (Lipinski definition) is 3. The van der Waals surface area contributed by atoms with Crippen LogP contribution in [0, 0.1) is 0 Å². The number of sulfone groups is 1. The summed E-state index contributed by atoms with van der Waals surface area (Å²) in [6, 6.07) is 11.8. The fourth-order valence-corrected chi connectivity index (χ4v) is 5.66. The van der Waals surface area contributed by atoms with Crippen molar-refractivity contribution in [2.75, 3.05) is 11.5 Å². The highest BCUT2D eigenvalue weighted by molar-refractivity contribution is 9.10. The second kappa shape index (κ2) is 7.89. The predicted octanol–water partition coefficient (Wildman–Crippen LogP) is 4.59. The summed E-state index contributed by atoms with van der Waals surface area (Å²) >= 11 is 15.6. The minimum Gasteiger partial charge on any atom is -0.330 e. The highest BCUT2D eigenvalue weighted by Crippen LogP contribution is 2.28. The van der Waals surface area contributed by atoms with Crippen molar-refractivity contribution in [3.63, 3.8) is 0 Å². The van der Waals surface area contributed by atoms with Gasteiger partial charge in [0.1, 0.15) is 0 Å². The molecule has 4 nitrogen and oxygen atoms in total. The van der Waals surface area contributed by atoms with Crippen LogP contribution in [0.15, 0.2) is 46.9 Å². The maximum Gasteiger partial charge on any atom is 0.255 e. The third-order valence-corrected chi connectivity index (χ3v) is 7.40. The fraction of sp³-hybridized carbons (Fsp3) is 0.278. The lowest BCUT2D eigenvalue weighted by molar-refractivity contribution is 0.0680. The van der Waals surface area contributed by atoms with E-state index >= 15 is 0 Å². The first kappa shape index (κ1) is 19.7. The van der Waals surface area contributed by atoms with Crippen LogP contribution in [0.3, 0.4) is 0 Å². The molecule has 0 N–H and O–H groups in total. The molecule has 2 aromatic rings. The molecule has 1 atom stereocenters. The molecule has 0 bridgehead atoms. The molecule has 0 saturated carbocycles. The van der Waals surface area contributed by atoms with E-state index in [1.165, 1.54) is 0 Å². The zero-order valence-corrected chi connectivity index (χ0v) is 17.6. The molecule has 2 aromatic carbocycles. The molecule has 1 saturated heterocycles. The van der Waals surface area contributed by atoms with Gasteiger partial charge in [-0.1, -0.05) is 41.4 Å². The van der Waals surface area contributed by atoms with Gasteiger partial charge in [-0.05, 0) is 52.2 Å². The van der Waals surface area contributed by atoms with Crippen LogP contribution in [0.25, 0.3) is 0 Å². The van der Waals surface area contributed by atoms with E-state index in [0.717, 1.165) is 5.56 Å². The van der Waals surface area contributed by atoms with E-state index in [4.69, 9.17) is 23.2 Å². The van der Waals surface area contributed by atoms with E-state index in [9.17, 15) is 13.2 Å². The van der Waals surface area contributed by atoms with Crippen LogP contribution in [0.5, 0.6) is 0 Å². The van der Waals surface area contributed by atoms with Crippen molar-refractivity contribution in [2.24, 2.45) is 0 Å².